The number of carbonyl (C=O) groups is 1. The third kappa shape index (κ3) is 4.29. The number of nitrogens with zero attached hydrogens (tertiary/aromatic N) is 1. The fourth-order valence-corrected chi connectivity index (χ4v) is 3.06. The van der Waals surface area contributed by atoms with Crippen molar-refractivity contribution >= 4 is 34.4 Å². The molecule has 0 aliphatic rings. The number of aromatic nitrogens is 1. The van der Waals surface area contributed by atoms with Crippen molar-refractivity contribution in [1.82, 2.24) is 4.98 Å². The number of benzene rings is 1. The minimum Gasteiger partial charge on any atom is -0.493 e. The summed E-state index contributed by atoms with van der Waals surface area (Å²) in [5, 5.41) is 7.85. The SMILES string of the molecule is COc1cc(Nc2ccc(NC(=O)c3cccs3)cn2)cc(OC)c1OC. The molecular formula is C19H19N3O4S. The lowest BCUT2D eigenvalue weighted by Gasteiger charge is -2.15. The number of nitrogens with one attached hydrogen (secondary N) is 2. The predicted molar refractivity (Wildman–Crippen MR) is 106 cm³/mol. The van der Waals surface area contributed by atoms with Gasteiger partial charge in [-0.25, -0.2) is 4.98 Å². The molecule has 0 aliphatic heterocycles. The molecule has 1 aromatic carbocycles. The second-order valence-corrected chi connectivity index (χ2v) is 6.35. The van der Waals surface area contributed by atoms with Crippen LogP contribution in [0.4, 0.5) is 17.2 Å². The maximum atomic E-state index is 12.1. The summed E-state index contributed by atoms with van der Waals surface area (Å²) < 4.78 is 16.0. The molecule has 0 atom stereocenters. The molecule has 7 nitrogen and oxygen atoms in total. The molecule has 3 aromatic rings. The number of hydrogen-bond acceptors (Lipinski definition) is 7. The topological polar surface area (TPSA) is 81.7 Å². The van der Waals surface area contributed by atoms with Gasteiger partial charge in [0.1, 0.15) is 5.82 Å². The smallest absolute Gasteiger partial charge is 0.265 e. The molecule has 0 saturated heterocycles. The summed E-state index contributed by atoms with van der Waals surface area (Å²) in [5.41, 5.74) is 1.34. The van der Waals surface area contributed by atoms with Crippen LogP contribution in [0.1, 0.15) is 9.67 Å². The van der Waals surface area contributed by atoms with E-state index in [9.17, 15) is 4.79 Å². The second-order valence-electron chi connectivity index (χ2n) is 5.40. The standard InChI is InChI=1S/C19H19N3O4S/c1-24-14-9-13(10-15(25-2)18(14)26-3)21-17-7-6-12(11-20-17)22-19(23)16-5-4-8-27-16/h4-11H,1-3H3,(H,20,21)(H,22,23). The molecule has 0 aliphatic carbocycles. The van der Waals surface area contributed by atoms with E-state index in [0.29, 0.717) is 33.6 Å². The summed E-state index contributed by atoms with van der Waals surface area (Å²) >= 11 is 1.39. The van der Waals surface area contributed by atoms with Crippen LogP contribution in [0.2, 0.25) is 0 Å². The lowest BCUT2D eigenvalue weighted by Crippen LogP contribution is -2.10. The molecule has 0 bridgehead atoms. The van der Waals surface area contributed by atoms with E-state index in [4.69, 9.17) is 14.2 Å². The number of anilines is 3. The van der Waals surface area contributed by atoms with Gasteiger partial charge in [-0.05, 0) is 23.6 Å². The first-order valence-electron chi connectivity index (χ1n) is 8.02. The van der Waals surface area contributed by atoms with Gasteiger partial charge in [0, 0.05) is 17.8 Å². The monoisotopic (exact) mass is 385 g/mol. The highest BCUT2D eigenvalue weighted by atomic mass is 32.1. The molecule has 0 radical (unpaired) electrons. The Morgan fingerprint density at radius 1 is 1.00 bits per heavy atom. The van der Waals surface area contributed by atoms with Gasteiger partial charge < -0.3 is 24.8 Å². The zero-order valence-electron chi connectivity index (χ0n) is 15.1. The van der Waals surface area contributed by atoms with Crippen LogP contribution in [-0.2, 0) is 0 Å². The molecular weight excluding hydrogens is 366 g/mol. The van der Waals surface area contributed by atoms with Gasteiger partial charge in [-0.1, -0.05) is 6.07 Å². The summed E-state index contributed by atoms with van der Waals surface area (Å²) in [4.78, 5) is 17.0. The average molecular weight is 385 g/mol. The lowest BCUT2D eigenvalue weighted by molar-refractivity contribution is 0.103. The normalized spacial score (nSPS) is 10.2. The number of pyridine rings is 1. The zero-order valence-corrected chi connectivity index (χ0v) is 15.9. The van der Waals surface area contributed by atoms with E-state index in [0.717, 1.165) is 5.69 Å². The second kappa shape index (κ2) is 8.41. The highest BCUT2D eigenvalue weighted by Crippen LogP contribution is 2.40. The fourth-order valence-electron chi connectivity index (χ4n) is 2.44. The van der Waals surface area contributed by atoms with Crippen LogP contribution in [0.25, 0.3) is 0 Å². The molecule has 140 valence electrons. The van der Waals surface area contributed by atoms with Crippen molar-refractivity contribution in [3.8, 4) is 17.2 Å². The Morgan fingerprint density at radius 3 is 2.26 bits per heavy atom. The van der Waals surface area contributed by atoms with E-state index in [2.05, 4.69) is 15.6 Å². The fraction of sp³-hybridized carbons (Fsp3) is 0.158. The van der Waals surface area contributed by atoms with E-state index in [1.54, 1.807) is 57.9 Å². The van der Waals surface area contributed by atoms with E-state index in [1.165, 1.54) is 11.3 Å². The summed E-state index contributed by atoms with van der Waals surface area (Å²) in [7, 11) is 4.67. The Labute approximate surface area is 160 Å². The van der Waals surface area contributed by atoms with E-state index in [-0.39, 0.29) is 5.91 Å². The van der Waals surface area contributed by atoms with Crippen LogP contribution < -0.4 is 24.8 Å². The largest absolute Gasteiger partial charge is 0.493 e. The first-order chi connectivity index (χ1) is 13.1. The summed E-state index contributed by atoms with van der Waals surface area (Å²) in [6.45, 7) is 0. The van der Waals surface area contributed by atoms with Crippen LogP contribution in [0.5, 0.6) is 17.2 Å². The van der Waals surface area contributed by atoms with E-state index < -0.39 is 0 Å². The van der Waals surface area contributed by atoms with Gasteiger partial charge in [-0.3, -0.25) is 4.79 Å². The van der Waals surface area contributed by atoms with Gasteiger partial charge in [0.2, 0.25) is 5.75 Å². The summed E-state index contributed by atoms with van der Waals surface area (Å²) in [6, 6.07) is 10.7. The minimum absolute atomic E-state index is 0.155. The van der Waals surface area contributed by atoms with E-state index >= 15 is 0 Å². The lowest BCUT2D eigenvalue weighted by atomic mass is 10.2. The number of carbonyl (C=O) groups excluding carboxylic acids is 1. The van der Waals surface area contributed by atoms with Crippen LogP contribution in [0, 0.1) is 0 Å². The highest BCUT2D eigenvalue weighted by Gasteiger charge is 2.13. The third-order valence-electron chi connectivity index (χ3n) is 3.70. The van der Waals surface area contributed by atoms with Crippen molar-refractivity contribution in [3.05, 3.63) is 52.9 Å². The van der Waals surface area contributed by atoms with E-state index in [1.807, 2.05) is 11.4 Å². The van der Waals surface area contributed by atoms with Gasteiger partial charge in [0.25, 0.3) is 5.91 Å². The maximum absolute atomic E-state index is 12.1. The Hall–Kier alpha value is -3.26. The third-order valence-corrected chi connectivity index (χ3v) is 4.57. The van der Waals surface area contributed by atoms with Gasteiger partial charge in [0.05, 0.1) is 38.1 Å². The number of amides is 1. The summed E-state index contributed by atoms with van der Waals surface area (Å²) in [5.74, 6) is 2.05. The first-order valence-corrected chi connectivity index (χ1v) is 8.90. The molecule has 27 heavy (non-hydrogen) atoms. The molecule has 2 aromatic heterocycles. The van der Waals surface area contributed by atoms with Crippen LogP contribution in [0.3, 0.4) is 0 Å². The Morgan fingerprint density at radius 2 is 1.74 bits per heavy atom. The molecule has 1 amide bonds. The molecule has 2 heterocycles. The first kappa shape index (κ1) is 18.5. The van der Waals surface area contributed by atoms with Crippen molar-refractivity contribution in [3.63, 3.8) is 0 Å². The molecule has 8 heteroatoms. The van der Waals surface area contributed by atoms with Crippen molar-refractivity contribution in [2.24, 2.45) is 0 Å². The van der Waals surface area contributed by atoms with Crippen molar-refractivity contribution in [2.75, 3.05) is 32.0 Å². The van der Waals surface area contributed by atoms with Gasteiger partial charge in [-0.15, -0.1) is 11.3 Å². The van der Waals surface area contributed by atoms with Crippen molar-refractivity contribution in [1.29, 1.82) is 0 Å². The Bertz CT molecular complexity index is 886. The number of rotatable bonds is 7. The van der Waals surface area contributed by atoms with Crippen LogP contribution in [-0.4, -0.2) is 32.2 Å². The van der Waals surface area contributed by atoms with Crippen LogP contribution in [0.15, 0.2) is 48.0 Å². The molecule has 3 rings (SSSR count). The van der Waals surface area contributed by atoms with Crippen molar-refractivity contribution < 1.29 is 19.0 Å². The predicted octanol–water partition coefficient (Wildman–Crippen LogP) is 4.16. The number of methoxy groups -OCH3 is 3. The van der Waals surface area contributed by atoms with Crippen molar-refractivity contribution in [2.45, 2.75) is 0 Å². The van der Waals surface area contributed by atoms with Gasteiger partial charge >= 0.3 is 0 Å². The van der Waals surface area contributed by atoms with Gasteiger partial charge in [-0.2, -0.15) is 0 Å². The summed E-state index contributed by atoms with van der Waals surface area (Å²) in [6.07, 6.45) is 1.59. The molecule has 0 fully saturated rings. The number of thiophene rings is 1. The zero-order chi connectivity index (χ0) is 19.2. The van der Waals surface area contributed by atoms with Gasteiger partial charge in [0.15, 0.2) is 11.5 Å². The number of hydrogen-bond donors (Lipinski definition) is 2. The molecule has 0 saturated carbocycles. The van der Waals surface area contributed by atoms with Crippen LogP contribution >= 0.6 is 11.3 Å². The number of ether oxygens (including phenoxy) is 3. The quantitative estimate of drug-likeness (QED) is 0.635. The molecule has 2 N–H and O–H groups in total. The molecule has 0 unspecified atom stereocenters. The Balaban J connectivity index is 1.74. The minimum atomic E-state index is -0.155. The highest BCUT2D eigenvalue weighted by molar-refractivity contribution is 7.12. The Kier molecular flexibility index (Phi) is 5.77. The maximum Gasteiger partial charge on any atom is 0.265 e. The average Bonchev–Trinajstić information content (AvgIpc) is 3.23. The molecule has 0 spiro atoms.